The SMILES string of the molecule is c1ccc2c(-c3nc(-c4ccc(-c5ccc(-c6c7ccccc7n7c6sc6ccccc67)cc5)cc4)nc(-c4cccc5ccccc45)n3)cccc2c1. The molecule has 0 saturated carbocycles. The van der Waals surface area contributed by atoms with Crippen LogP contribution >= 0.6 is 11.3 Å². The summed E-state index contributed by atoms with van der Waals surface area (Å²) in [6.45, 7) is 0. The highest BCUT2D eigenvalue weighted by Crippen LogP contribution is 2.42. The highest BCUT2D eigenvalue weighted by molar-refractivity contribution is 7.24. The zero-order chi connectivity index (χ0) is 35.6. The van der Waals surface area contributed by atoms with Crippen LogP contribution in [0.15, 0.2) is 182 Å². The number of nitrogens with zero attached hydrogens (tertiary/aromatic N) is 4. The van der Waals surface area contributed by atoms with Crippen molar-refractivity contribution in [3.8, 4) is 56.4 Å². The van der Waals surface area contributed by atoms with Gasteiger partial charge in [-0.25, -0.2) is 15.0 Å². The van der Waals surface area contributed by atoms with Gasteiger partial charge >= 0.3 is 0 Å². The molecular formula is C49H30N4S. The minimum absolute atomic E-state index is 0.644. The zero-order valence-corrected chi connectivity index (χ0v) is 29.8. The van der Waals surface area contributed by atoms with E-state index in [2.05, 4.69) is 186 Å². The Kier molecular flexibility index (Phi) is 7.00. The summed E-state index contributed by atoms with van der Waals surface area (Å²) in [6, 6.07) is 64.4. The highest BCUT2D eigenvalue weighted by Gasteiger charge is 2.19. The lowest BCUT2D eigenvalue weighted by Crippen LogP contribution is -2.01. The highest BCUT2D eigenvalue weighted by atomic mass is 32.1. The van der Waals surface area contributed by atoms with Crippen molar-refractivity contribution < 1.29 is 0 Å². The van der Waals surface area contributed by atoms with Crippen LogP contribution in [-0.2, 0) is 0 Å². The lowest BCUT2D eigenvalue weighted by molar-refractivity contribution is 1.08. The second kappa shape index (κ2) is 12.3. The molecule has 0 atom stereocenters. The van der Waals surface area contributed by atoms with Crippen LogP contribution in [0.5, 0.6) is 0 Å². The van der Waals surface area contributed by atoms with Crippen LogP contribution in [0.4, 0.5) is 0 Å². The van der Waals surface area contributed by atoms with Crippen molar-refractivity contribution in [2.75, 3.05) is 0 Å². The Morgan fingerprint density at radius 1 is 0.352 bits per heavy atom. The van der Waals surface area contributed by atoms with Gasteiger partial charge < -0.3 is 0 Å². The molecule has 0 aliphatic rings. The molecule has 11 aromatic rings. The van der Waals surface area contributed by atoms with E-state index in [4.69, 9.17) is 15.0 Å². The Hall–Kier alpha value is -6.95. The van der Waals surface area contributed by atoms with Crippen molar-refractivity contribution in [2.45, 2.75) is 0 Å². The number of rotatable bonds is 5. The maximum absolute atomic E-state index is 5.12. The maximum atomic E-state index is 5.12. The second-order valence-corrected chi connectivity index (χ2v) is 14.6. The standard InChI is InChI=1S/C49H30N4S/c1-3-15-37-33(11-1)13-9-18-39(37)47-50-46(51-48(52-47)40-19-10-14-34-12-2-4-16-38(34)40)36-29-25-32(26-30-36)31-23-27-35(28-24-31)45-41-17-5-6-20-42(41)53-43-21-7-8-22-44(43)54-49(45)53/h1-30H. The maximum Gasteiger partial charge on any atom is 0.164 e. The Balaban J connectivity index is 0.995. The van der Waals surface area contributed by atoms with E-state index in [1.807, 2.05) is 11.3 Å². The average Bonchev–Trinajstić information content (AvgIpc) is 3.78. The molecule has 3 aromatic heterocycles. The van der Waals surface area contributed by atoms with Crippen molar-refractivity contribution in [1.29, 1.82) is 0 Å². The van der Waals surface area contributed by atoms with Gasteiger partial charge in [-0.05, 0) is 56.4 Å². The Labute approximate surface area is 315 Å². The molecule has 0 aliphatic heterocycles. The van der Waals surface area contributed by atoms with Crippen molar-refractivity contribution in [1.82, 2.24) is 19.4 Å². The molecule has 0 amide bonds. The molecule has 54 heavy (non-hydrogen) atoms. The van der Waals surface area contributed by atoms with Crippen LogP contribution in [0.3, 0.4) is 0 Å². The summed E-state index contributed by atoms with van der Waals surface area (Å²) >= 11 is 1.86. The average molecular weight is 707 g/mol. The molecule has 0 unspecified atom stereocenters. The van der Waals surface area contributed by atoms with Crippen molar-refractivity contribution in [3.63, 3.8) is 0 Å². The Morgan fingerprint density at radius 3 is 1.44 bits per heavy atom. The van der Waals surface area contributed by atoms with Crippen LogP contribution in [-0.4, -0.2) is 19.4 Å². The summed E-state index contributed by atoms with van der Waals surface area (Å²) in [5.74, 6) is 1.96. The summed E-state index contributed by atoms with van der Waals surface area (Å²) in [5, 5.41) is 5.80. The van der Waals surface area contributed by atoms with Gasteiger partial charge in [-0.15, -0.1) is 11.3 Å². The molecule has 0 N–H and O–H groups in total. The molecule has 0 radical (unpaired) electrons. The summed E-state index contributed by atoms with van der Waals surface area (Å²) in [6.07, 6.45) is 0. The predicted molar refractivity (Wildman–Crippen MR) is 226 cm³/mol. The van der Waals surface area contributed by atoms with Gasteiger partial charge in [-0.3, -0.25) is 4.40 Å². The fourth-order valence-electron chi connectivity index (χ4n) is 7.89. The van der Waals surface area contributed by atoms with E-state index >= 15 is 0 Å². The molecule has 0 spiro atoms. The van der Waals surface area contributed by atoms with E-state index < -0.39 is 0 Å². The molecule has 0 bridgehead atoms. The van der Waals surface area contributed by atoms with Gasteiger partial charge in [-0.2, -0.15) is 0 Å². The number of hydrogen-bond donors (Lipinski definition) is 0. The summed E-state index contributed by atoms with van der Waals surface area (Å²) in [5.41, 5.74) is 10.2. The fraction of sp³-hybridized carbons (Fsp3) is 0. The first-order valence-corrected chi connectivity index (χ1v) is 18.9. The smallest absolute Gasteiger partial charge is 0.164 e. The topological polar surface area (TPSA) is 43.1 Å². The third kappa shape index (κ3) is 4.94. The lowest BCUT2D eigenvalue weighted by Gasteiger charge is -2.12. The molecular weight excluding hydrogens is 677 g/mol. The number of benzene rings is 8. The predicted octanol–water partition coefficient (Wildman–Crippen LogP) is 13.1. The summed E-state index contributed by atoms with van der Waals surface area (Å²) < 4.78 is 3.71. The normalized spacial score (nSPS) is 11.7. The minimum atomic E-state index is 0.644. The molecule has 0 fully saturated rings. The zero-order valence-electron chi connectivity index (χ0n) is 29.0. The van der Waals surface area contributed by atoms with Gasteiger partial charge in [0.25, 0.3) is 0 Å². The van der Waals surface area contributed by atoms with Crippen LogP contribution in [0.1, 0.15) is 0 Å². The van der Waals surface area contributed by atoms with E-state index in [1.54, 1.807) is 0 Å². The molecule has 3 heterocycles. The lowest BCUT2D eigenvalue weighted by atomic mass is 9.99. The first-order chi connectivity index (χ1) is 26.8. The summed E-state index contributed by atoms with van der Waals surface area (Å²) in [4.78, 5) is 16.6. The third-order valence-electron chi connectivity index (χ3n) is 10.5. The Morgan fingerprint density at radius 2 is 0.815 bits per heavy atom. The minimum Gasteiger partial charge on any atom is -0.299 e. The van der Waals surface area contributed by atoms with Gasteiger partial charge in [0.2, 0.25) is 0 Å². The number of hydrogen-bond acceptors (Lipinski definition) is 4. The van der Waals surface area contributed by atoms with E-state index in [1.165, 1.54) is 37.1 Å². The quantitative estimate of drug-likeness (QED) is 0.179. The van der Waals surface area contributed by atoms with Gasteiger partial charge in [0.15, 0.2) is 17.5 Å². The van der Waals surface area contributed by atoms with Crippen LogP contribution in [0.25, 0.3) is 104 Å². The monoisotopic (exact) mass is 706 g/mol. The molecule has 252 valence electrons. The van der Waals surface area contributed by atoms with E-state index in [0.717, 1.165) is 49.4 Å². The molecule has 4 nitrogen and oxygen atoms in total. The molecule has 0 aliphatic carbocycles. The van der Waals surface area contributed by atoms with E-state index in [0.29, 0.717) is 17.5 Å². The Bertz CT molecular complexity index is 3100. The summed E-state index contributed by atoms with van der Waals surface area (Å²) in [7, 11) is 0. The van der Waals surface area contributed by atoms with E-state index in [9.17, 15) is 0 Å². The number of fused-ring (bicyclic) bond motifs is 7. The van der Waals surface area contributed by atoms with Gasteiger partial charge in [0.1, 0.15) is 4.83 Å². The van der Waals surface area contributed by atoms with Gasteiger partial charge in [-0.1, -0.05) is 164 Å². The molecule has 8 aromatic carbocycles. The van der Waals surface area contributed by atoms with Crippen LogP contribution in [0, 0.1) is 0 Å². The van der Waals surface area contributed by atoms with Crippen LogP contribution in [0.2, 0.25) is 0 Å². The third-order valence-corrected chi connectivity index (χ3v) is 11.6. The van der Waals surface area contributed by atoms with Crippen molar-refractivity contribution in [3.05, 3.63) is 182 Å². The van der Waals surface area contributed by atoms with Crippen molar-refractivity contribution in [2.24, 2.45) is 0 Å². The van der Waals surface area contributed by atoms with Crippen molar-refractivity contribution >= 4 is 58.8 Å². The fourth-order valence-corrected chi connectivity index (χ4v) is 9.13. The molecule has 11 rings (SSSR count). The second-order valence-electron chi connectivity index (χ2n) is 13.6. The van der Waals surface area contributed by atoms with E-state index in [-0.39, 0.29) is 0 Å². The van der Waals surface area contributed by atoms with Gasteiger partial charge in [0, 0.05) is 27.6 Å². The first kappa shape index (κ1) is 30.7. The van der Waals surface area contributed by atoms with Gasteiger partial charge in [0.05, 0.1) is 15.7 Å². The largest absolute Gasteiger partial charge is 0.299 e. The number of para-hydroxylation sites is 2. The number of aromatic nitrogens is 4. The first-order valence-electron chi connectivity index (χ1n) is 18.1. The molecule has 5 heteroatoms. The molecule has 0 saturated heterocycles. The van der Waals surface area contributed by atoms with Crippen LogP contribution < -0.4 is 0 Å². The number of thiazole rings is 1.